The Morgan fingerprint density at radius 2 is 2.14 bits per heavy atom. The summed E-state index contributed by atoms with van der Waals surface area (Å²) in [5.41, 5.74) is 0.337. The number of fused-ring (bicyclic) bond motifs is 1. The molecular formula is C15H19NO5. The van der Waals surface area contributed by atoms with Crippen LogP contribution in [-0.4, -0.2) is 36.6 Å². The summed E-state index contributed by atoms with van der Waals surface area (Å²) in [6.07, 6.45) is 0.199. The Bertz CT molecular complexity index is 528. The van der Waals surface area contributed by atoms with Crippen LogP contribution in [0.5, 0.6) is 0 Å². The number of ether oxygens (including phenoxy) is 2. The van der Waals surface area contributed by atoms with Crippen molar-refractivity contribution in [3.63, 3.8) is 0 Å². The van der Waals surface area contributed by atoms with Crippen molar-refractivity contribution in [2.24, 2.45) is 23.7 Å². The fraction of sp³-hybridized carbons (Fsp3) is 0.667. The van der Waals surface area contributed by atoms with Gasteiger partial charge in [0, 0.05) is 17.4 Å². The normalized spacial score (nSPS) is 39.0. The minimum atomic E-state index is -0.506. The molecule has 1 heterocycles. The van der Waals surface area contributed by atoms with Gasteiger partial charge in [-0.1, -0.05) is 13.5 Å². The van der Waals surface area contributed by atoms with Crippen molar-refractivity contribution in [3.8, 4) is 0 Å². The molecule has 3 aliphatic rings. The van der Waals surface area contributed by atoms with Crippen molar-refractivity contribution in [1.82, 2.24) is 5.32 Å². The molecule has 6 heteroatoms. The first-order valence-electron chi connectivity index (χ1n) is 7.24. The lowest BCUT2D eigenvalue weighted by Crippen LogP contribution is -2.41. The fourth-order valence-electron chi connectivity index (χ4n) is 4.00. The average molecular weight is 293 g/mol. The fourth-order valence-corrected chi connectivity index (χ4v) is 4.00. The van der Waals surface area contributed by atoms with Gasteiger partial charge in [-0.15, -0.1) is 0 Å². The van der Waals surface area contributed by atoms with Gasteiger partial charge in [0.25, 0.3) is 0 Å². The number of amides is 1. The van der Waals surface area contributed by atoms with Crippen LogP contribution >= 0.6 is 0 Å². The van der Waals surface area contributed by atoms with Gasteiger partial charge in [-0.2, -0.15) is 0 Å². The molecule has 0 aromatic rings. The van der Waals surface area contributed by atoms with Crippen LogP contribution in [0.15, 0.2) is 12.2 Å². The Kier molecular flexibility index (Phi) is 3.26. The van der Waals surface area contributed by atoms with Crippen molar-refractivity contribution >= 4 is 17.8 Å². The van der Waals surface area contributed by atoms with Crippen molar-refractivity contribution in [3.05, 3.63) is 12.2 Å². The van der Waals surface area contributed by atoms with Crippen molar-refractivity contribution in [1.29, 1.82) is 0 Å². The molecule has 1 N–H and O–H groups in total. The van der Waals surface area contributed by atoms with E-state index in [0.29, 0.717) is 5.57 Å². The maximum atomic E-state index is 11.9. The molecule has 1 amide bonds. The SMILES string of the molecule is C=C(C)C(=O)NCC(=O)OC1C2CC3C1OC(=O)C3C2C. The summed E-state index contributed by atoms with van der Waals surface area (Å²) >= 11 is 0. The van der Waals surface area contributed by atoms with Crippen LogP contribution in [0.4, 0.5) is 0 Å². The first-order valence-corrected chi connectivity index (χ1v) is 7.24. The zero-order chi connectivity index (χ0) is 15.3. The maximum absolute atomic E-state index is 11.9. The largest absolute Gasteiger partial charge is 0.458 e. The molecule has 2 bridgehead atoms. The van der Waals surface area contributed by atoms with Crippen LogP contribution in [0, 0.1) is 23.7 Å². The van der Waals surface area contributed by atoms with E-state index in [1.807, 2.05) is 6.92 Å². The monoisotopic (exact) mass is 293 g/mol. The standard InChI is InChI=1S/C15H19NO5/c1-6(2)14(18)16-5-10(17)20-12-8-4-9-11(7(8)3)15(19)21-13(9)12/h7-9,11-13H,1,4-5H2,2-3H3,(H,16,18). The van der Waals surface area contributed by atoms with Gasteiger partial charge < -0.3 is 14.8 Å². The van der Waals surface area contributed by atoms with E-state index in [-0.39, 0.29) is 54.3 Å². The Hall–Kier alpha value is -1.85. The molecule has 114 valence electrons. The molecule has 2 saturated carbocycles. The number of nitrogens with one attached hydrogen (secondary N) is 1. The Morgan fingerprint density at radius 3 is 2.81 bits per heavy atom. The molecule has 0 spiro atoms. The number of hydrogen-bond acceptors (Lipinski definition) is 5. The number of esters is 2. The molecule has 0 radical (unpaired) electrons. The van der Waals surface area contributed by atoms with Gasteiger partial charge >= 0.3 is 11.9 Å². The Balaban J connectivity index is 1.59. The minimum absolute atomic E-state index is 0.0296. The highest BCUT2D eigenvalue weighted by atomic mass is 16.6. The molecule has 3 rings (SSSR count). The molecule has 0 aromatic carbocycles. The zero-order valence-corrected chi connectivity index (χ0v) is 12.1. The van der Waals surface area contributed by atoms with Crippen LogP contribution in [0.3, 0.4) is 0 Å². The van der Waals surface area contributed by atoms with Gasteiger partial charge in [-0.05, 0) is 19.3 Å². The van der Waals surface area contributed by atoms with Gasteiger partial charge in [0.05, 0.1) is 5.92 Å². The predicted octanol–water partition coefficient (Wildman–Crippen LogP) is 0.418. The first kappa shape index (κ1) is 14.1. The Morgan fingerprint density at radius 1 is 1.43 bits per heavy atom. The average Bonchev–Trinajstić information content (AvgIpc) is 3.00. The molecule has 21 heavy (non-hydrogen) atoms. The van der Waals surface area contributed by atoms with E-state index in [1.165, 1.54) is 0 Å². The summed E-state index contributed by atoms with van der Waals surface area (Å²) in [5.74, 6) is -0.525. The third-order valence-corrected chi connectivity index (χ3v) is 4.99. The van der Waals surface area contributed by atoms with Crippen LogP contribution in [-0.2, 0) is 23.9 Å². The van der Waals surface area contributed by atoms with E-state index >= 15 is 0 Å². The summed E-state index contributed by atoms with van der Waals surface area (Å²) in [6.45, 7) is 6.88. The van der Waals surface area contributed by atoms with Crippen LogP contribution in [0.1, 0.15) is 20.3 Å². The summed E-state index contributed by atoms with van der Waals surface area (Å²) in [6, 6.07) is 0. The number of carbonyl (C=O) groups is 3. The highest BCUT2D eigenvalue weighted by Gasteiger charge is 2.66. The van der Waals surface area contributed by atoms with E-state index in [4.69, 9.17) is 9.47 Å². The summed E-state index contributed by atoms with van der Waals surface area (Å²) in [7, 11) is 0. The zero-order valence-electron chi connectivity index (χ0n) is 12.1. The molecule has 1 aliphatic heterocycles. The van der Waals surface area contributed by atoms with Crippen LogP contribution in [0.2, 0.25) is 0 Å². The second-order valence-corrected chi connectivity index (χ2v) is 6.27. The second kappa shape index (κ2) is 4.86. The van der Waals surface area contributed by atoms with Gasteiger partial charge in [-0.25, -0.2) is 0 Å². The lowest BCUT2D eigenvalue weighted by molar-refractivity contribution is -0.161. The van der Waals surface area contributed by atoms with Crippen LogP contribution in [0.25, 0.3) is 0 Å². The highest BCUT2D eigenvalue weighted by molar-refractivity contribution is 5.94. The first-order chi connectivity index (χ1) is 9.90. The molecule has 1 saturated heterocycles. The number of carbonyl (C=O) groups excluding carboxylic acids is 3. The Labute approximate surface area is 122 Å². The van der Waals surface area contributed by atoms with Gasteiger partial charge in [-0.3, -0.25) is 14.4 Å². The third-order valence-electron chi connectivity index (χ3n) is 4.99. The van der Waals surface area contributed by atoms with E-state index in [0.717, 1.165) is 6.42 Å². The molecule has 6 atom stereocenters. The lowest BCUT2D eigenvalue weighted by atomic mass is 9.80. The molecule has 6 nitrogen and oxygen atoms in total. The summed E-state index contributed by atoms with van der Waals surface area (Å²) in [4.78, 5) is 35.0. The van der Waals surface area contributed by atoms with Gasteiger partial charge in [0.15, 0.2) is 0 Å². The van der Waals surface area contributed by atoms with Crippen LogP contribution < -0.4 is 5.32 Å². The molecule has 6 unspecified atom stereocenters. The highest BCUT2D eigenvalue weighted by Crippen LogP contribution is 2.58. The maximum Gasteiger partial charge on any atom is 0.325 e. The quantitative estimate of drug-likeness (QED) is 0.600. The topological polar surface area (TPSA) is 81.7 Å². The summed E-state index contributed by atoms with van der Waals surface area (Å²) < 4.78 is 10.8. The minimum Gasteiger partial charge on any atom is -0.458 e. The van der Waals surface area contributed by atoms with E-state index in [1.54, 1.807) is 6.92 Å². The van der Waals surface area contributed by atoms with Gasteiger partial charge in [0.2, 0.25) is 5.91 Å². The van der Waals surface area contributed by atoms with Crippen molar-refractivity contribution in [2.45, 2.75) is 32.5 Å². The van der Waals surface area contributed by atoms with E-state index in [2.05, 4.69) is 11.9 Å². The lowest BCUT2D eigenvalue weighted by Gasteiger charge is -2.29. The molecular weight excluding hydrogens is 274 g/mol. The molecule has 2 aliphatic carbocycles. The van der Waals surface area contributed by atoms with Gasteiger partial charge in [0.1, 0.15) is 18.8 Å². The predicted molar refractivity (Wildman–Crippen MR) is 71.8 cm³/mol. The van der Waals surface area contributed by atoms with Crippen molar-refractivity contribution in [2.75, 3.05) is 6.54 Å². The van der Waals surface area contributed by atoms with E-state index < -0.39 is 5.97 Å². The smallest absolute Gasteiger partial charge is 0.325 e. The third kappa shape index (κ3) is 2.13. The molecule has 3 fully saturated rings. The van der Waals surface area contributed by atoms with E-state index in [9.17, 15) is 14.4 Å². The molecule has 0 aromatic heterocycles. The van der Waals surface area contributed by atoms with Crippen molar-refractivity contribution < 1.29 is 23.9 Å². The number of hydrogen-bond donors (Lipinski definition) is 1. The number of rotatable bonds is 4. The summed E-state index contributed by atoms with van der Waals surface area (Å²) in [5, 5.41) is 2.44. The second-order valence-electron chi connectivity index (χ2n) is 6.27.